The van der Waals surface area contributed by atoms with Gasteiger partial charge in [-0.15, -0.1) is 0 Å². The predicted octanol–water partition coefficient (Wildman–Crippen LogP) is 6.15. The van der Waals surface area contributed by atoms with Gasteiger partial charge in [0.15, 0.2) is 0 Å². The second-order valence-electron chi connectivity index (χ2n) is 6.37. The fourth-order valence-corrected chi connectivity index (χ4v) is 3.71. The molecule has 0 saturated carbocycles. The highest BCUT2D eigenvalue weighted by atomic mass is 14.9. The van der Waals surface area contributed by atoms with Crippen LogP contribution in [0.1, 0.15) is 0 Å². The van der Waals surface area contributed by atoms with E-state index < -0.39 is 0 Å². The van der Waals surface area contributed by atoms with Gasteiger partial charge >= 0.3 is 0 Å². The maximum absolute atomic E-state index is 2.32. The molecule has 114 valence electrons. The van der Waals surface area contributed by atoms with E-state index in [4.69, 9.17) is 0 Å². The number of rotatable bonds is 1. The van der Waals surface area contributed by atoms with Crippen LogP contribution in [-0.4, -0.2) is 4.57 Å². The number of aromatic nitrogens is 1. The molecular weight excluding hydrogens is 290 g/mol. The molecule has 0 amide bonds. The minimum Gasteiger partial charge on any atom is -0.344 e. The molecule has 0 N–H and O–H groups in total. The molecule has 1 heterocycles. The fourth-order valence-electron chi connectivity index (χ4n) is 3.71. The van der Waals surface area contributed by atoms with Crippen LogP contribution in [0.15, 0.2) is 84.9 Å². The quantitative estimate of drug-likeness (QED) is 0.350. The van der Waals surface area contributed by atoms with Crippen LogP contribution in [0, 0.1) is 0 Å². The van der Waals surface area contributed by atoms with Crippen LogP contribution in [0.3, 0.4) is 0 Å². The summed E-state index contributed by atoms with van der Waals surface area (Å²) in [6.07, 6.45) is 0. The zero-order chi connectivity index (χ0) is 16.1. The third kappa shape index (κ3) is 1.88. The second kappa shape index (κ2) is 4.97. The molecule has 1 heteroatoms. The van der Waals surface area contributed by atoms with Crippen molar-refractivity contribution in [3.8, 4) is 11.1 Å². The maximum Gasteiger partial charge on any atom is 0.0495 e. The van der Waals surface area contributed by atoms with Gasteiger partial charge in [-0.3, -0.25) is 0 Å². The predicted molar refractivity (Wildman–Crippen MR) is 103 cm³/mol. The number of hydrogen-bond acceptors (Lipinski definition) is 0. The van der Waals surface area contributed by atoms with Gasteiger partial charge in [-0.25, -0.2) is 0 Å². The zero-order valence-corrected chi connectivity index (χ0v) is 13.5. The molecule has 5 aromatic rings. The number of fused-ring (bicyclic) bond motifs is 4. The number of aryl methyl sites for hydroxylation is 1. The Bertz CT molecular complexity index is 1200. The molecule has 1 aromatic heterocycles. The van der Waals surface area contributed by atoms with Gasteiger partial charge in [0.2, 0.25) is 0 Å². The highest BCUT2D eigenvalue weighted by molar-refractivity contribution is 6.13. The molecule has 0 unspecified atom stereocenters. The standard InChI is InChI=1S/C23H17N/c1-24-22-12-11-19(16-7-3-2-4-8-16)14-20(22)21-13-17-9-5-6-10-18(17)15-23(21)24/h2-15H,1H3. The Morgan fingerprint density at radius 3 is 2.00 bits per heavy atom. The van der Waals surface area contributed by atoms with Crippen LogP contribution >= 0.6 is 0 Å². The van der Waals surface area contributed by atoms with Gasteiger partial charge in [-0.2, -0.15) is 0 Å². The van der Waals surface area contributed by atoms with Crippen molar-refractivity contribution < 1.29 is 0 Å². The monoisotopic (exact) mass is 307 g/mol. The Morgan fingerprint density at radius 2 is 1.21 bits per heavy atom. The Kier molecular flexibility index (Phi) is 2.77. The average molecular weight is 307 g/mol. The van der Waals surface area contributed by atoms with E-state index in [-0.39, 0.29) is 0 Å². The van der Waals surface area contributed by atoms with Crippen LogP contribution < -0.4 is 0 Å². The van der Waals surface area contributed by atoms with E-state index in [9.17, 15) is 0 Å². The van der Waals surface area contributed by atoms with Crippen molar-refractivity contribution in [3.63, 3.8) is 0 Å². The van der Waals surface area contributed by atoms with Crippen LogP contribution in [0.5, 0.6) is 0 Å². The molecule has 0 saturated heterocycles. The van der Waals surface area contributed by atoms with Gasteiger partial charge in [0.1, 0.15) is 0 Å². The first-order chi connectivity index (χ1) is 11.8. The molecule has 4 aromatic carbocycles. The lowest BCUT2D eigenvalue weighted by molar-refractivity contribution is 1.02. The van der Waals surface area contributed by atoms with E-state index in [2.05, 4.69) is 96.5 Å². The third-order valence-electron chi connectivity index (χ3n) is 4.98. The summed E-state index contributed by atoms with van der Waals surface area (Å²) in [6.45, 7) is 0. The van der Waals surface area contributed by atoms with Gasteiger partial charge in [0.25, 0.3) is 0 Å². The van der Waals surface area contributed by atoms with Crippen molar-refractivity contribution in [3.05, 3.63) is 84.9 Å². The normalized spacial score (nSPS) is 11.5. The highest BCUT2D eigenvalue weighted by Gasteiger charge is 2.10. The molecule has 0 aliphatic rings. The SMILES string of the molecule is Cn1c2ccc(-c3ccccc3)cc2c2cc3ccccc3cc21. The average Bonchev–Trinajstić information content (AvgIpc) is 2.92. The Hall–Kier alpha value is -3.06. The van der Waals surface area contributed by atoms with Crippen molar-refractivity contribution in [2.45, 2.75) is 0 Å². The smallest absolute Gasteiger partial charge is 0.0495 e. The molecule has 0 radical (unpaired) electrons. The van der Waals surface area contributed by atoms with Crippen LogP contribution in [0.25, 0.3) is 43.7 Å². The van der Waals surface area contributed by atoms with E-state index >= 15 is 0 Å². The van der Waals surface area contributed by atoms with Crippen LogP contribution in [-0.2, 0) is 7.05 Å². The molecule has 0 spiro atoms. The Morgan fingerprint density at radius 1 is 0.542 bits per heavy atom. The lowest BCUT2D eigenvalue weighted by atomic mass is 10.0. The molecule has 5 rings (SSSR count). The lowest BCUT2D eigenvalue weighted by Gasteiger charge is -2.02. The molecule has 0 fully saturated rings. The number of benzene rings is 4. The fraction of sp³-hybridized carbons (Fsp3) is 0.0435. The summed E-state index contributed by atoms with van der Waals surface area (Å²) in [4.78, 5) is 0. The molecule has 0 bridgehead atoms. The summed E-state index contributed by atoms with van der Waals surface area (Å²) >= 11 is 0. The van der Waals surface area contributed by atoms with E-state index in [1.807, 2.05) is 0 Å². The van der Waals surface area contributed by atoms with Crippen molar-refractivity contribution in [1.29, 1.82) is 0 Å². The number of hydrogen-bond donors (Lipinski definition) is 0. The third-order valence-corrected chi connectivity index (χ3v) is 4.98. The highest BCUT2D eigenvalue weighted by Crippen LogP contribution is 2.34. The van der Waals surface area contributed by atoms with Gasteiger partial charge in [-0.1, -0.05) is 60.7 Å². The van der Waals surface area contributed by atoms with Crippen molar-refractivity contribution in [2.24, 2.45) is 7.05 Å². The lowest BCUT2D eigenvalue weighted by Crippen LogP contribution is -1.86. The molecule has 0 atom stereocenters. The molecule has 0 aliphatic heterocycles. The molecule has 1 nitrogen and oxygen atoms in total. The summed E-state index contributed by atoms with van der Waals surface area (Å²) < 4.78 is 2.30. The molecule has 0 aliphatic carbocycles. The van der Waals surface area contributed by atoms with E-state index in [0.29, 0.717) is 0 Å². The van der Waals surface area contributed by atoms with E-state index in [1.165, 1.54) is 43.7 Å². The Balaban J connectivity index is 1.88. The summed E-state index contributed by atoms with van der Waals surface area (Å²) in [6, 6.07) is 30.6. The van der Waals surface area contributed by atoms with Crippen LogP contribution in [0.4, 0.5) is 0 Å². The molecular formula is C23H17N. The first-order valence-corrected chi connectivity index (χ1v) is 8.28. The number of nitrogens with zero attached hydrogens (tertiary/aromatic N) is 1. The van der Waals surface area contributed by atoms with Gasteiger partial charge in [-0.05, 0) is 46.2 Å². The summed E-state index contributed by atoms with van der Waals surface area (Å²) in [5.74, 6) is 0. The van der Waals surface area contributed by atoms with Crippen LogP contribution in [0.2, 0.25) is 0 Å². The zero-order valence-electron chi connectivity index (χ0n) is 13.5. The first-order valence-electron chi connectivity index (χ1n) is 8.28. The molecule has 24 heavy (non-hydrogen) atoms. The van der Waals surface area contributed by atoms with E-state index in [0.717, 1.165) is 0 Å². The minimum absolute atomic E-state index is 1.26. The Labute approximate surface area is 140 Å². The minimum atomic E-state index is 1.26. The topological polar surface area (TPSA) is 4.93 Å². The van der Waals surface area contributed by atoms with Gasteiger partial charge in [0, 0.05) is 28.9 Å². The first kappa shape index (κ1) is 13.4. The van der Waals surface area contributed by atoms with E-state index in [1.54, 1.807) is 0 Å². The van der Waals surface area contributed by atoms with Gasteiger partial charge < -0.3 is 4.57 Å². The summed E-state index contributed by atoms with van der Waals surface area (Å²) in [7, 11) is 2.15. The van der Waals surface area contributed by atoms with Crippen molar-refractivity contribution in [1.82, 2.24) is 4.57 Å². The maximum atomic E-state index is 2.32. The van der Waals surface area contributed by atoms with Gasteiger partial charge in [0.05, 0.1) is 0 Å². The summed E-state index contributed by atoms with van der Waals surface area (Å²) in [5, 5.41) is 5.23. The second-order valence-corrected chi connectivity index (χ2v) is 6.37. The van der Waals surface area contributed by atoms with Crippen molar-refractivity contribution >= 4 is 32.6 Å². The summed E-state index contributed by atoms with van der Waals surface area (Å²) in [5.41, 5.74) is 5.09. The largest absolute Gasteiger partial charge is 0.344 e. The van der Waals surface area contributed by atoms with Crippen molar-refractivity contribution in [2.75, 3.05) is 0 Å².